The van der Waals surface area contributed by atoms with E-state index in [9.17, 15) is 14.7 Å². The monoisotopic (exact) mass is 274 g/mol. The van der Waals surface area contributed by atoms with E-state index in [-0.39, 0.29) is 12.5 Å². The molecule has 2 aliphatic rings. The van der Waals surface area contributed by atoms with Crippen LogP contribution in [0, 0.1) is 5.92 Å². The first kappa shape index (κ1) is 14.2. The van der Waals surface area contributed by atoms with Crippen molar-refractivity contribution in [2.75, 3.05) is 13.7 Å². The van der Waals surface area contributed by atoms with Crippen molar-refractivity contribution in [3.05, 3.63) is 0 Å². The molecule has 1 N–H and O–H groups in total. The Balaban J connectivity index is 2.21. The number of fused-ring (bicyclic) bond motifs is 1. The summed E-state index contributed by atoms with van der Waals surface area (Å²) >= 11 is 0. The number of rotatable bonds is 4. The fourth-order valence-electron chi connectivity index (χ4n) is 2.60. The van der Waals surface area contributed by atoms with Crippen LogP contribution in [0.5, 0.6) is 0 Å². The van der Waals surface area contributed by atoms with E-state index in [1.165, 1.54) is 21.0 Å². The summed E-state index contributed by atoms with van der Waals surface area (Å²) in [6.07, 6.45) is -1.80. The molecule has 0 spiro atoms. The minimum atomic E-state index is -0.862. The lowest BCUT2D eigenvalue weighted by atomic mass is 10.0. The largest absolute Gasteiger partial charge is 0.458 e. The SMILES string of the molecule is CO[C@H]1O[C@@]2(CO)C[C@H]2[C@H](OC(C)=O)[C@@H]1OC(C)=O. The Morgan fingerprint density at radius 3 is 2.32 bits per heavy atom. The minimum Gasteiger partial charge on any atom is -0.458 e. The Morgan fingerprint density at radius 2 is 1.84 bits per heavy atom. The van der Waals surface area contributed by atoms with Crippen LogP contribution in [-0.2, 0) is 28.5 Å². The fourth-order valence-corrected chi connectivity index (χ4v) is 2.60. The van der Waals surface area contributed by atoms with Crippen molar-refractivity contribution >= 4 is 11.9 Å². The minimum absolute atomic E-state index is 0.183. The lowest BCUT2D eigenvalue weighted by Gasteiger charge is -2.38. The third-order valence-electron chi connectivity index (χ3n) is 3.52. The molecule has 19 heavy (non-hydrogen) atoms. The number of esters is 2. The molecule has 1 saturated carbocycles. The molecule has 0 bridgehead atoms. The van der Waals surface area contributed by atoms with E-state index in [1.54, 1.807) is 0 Å². The molecule has 1 aliphatic heterocycles. The average molecular weight is 274 g/mol. The second kappa shape index (κ2) is 5.07. The summed E-state index contributed by atoms with van der Waals surface area (Å²) in [7, 11) is 1.40. The summed E-state index contributed by atoms with van der Waals surface area (Å²) in [6, 6.07) is 0. The molecule has 108 valence electrons. The van der Waals surface area contributed by atoms with Gasteiger partial charge in [0.1, 0.15) is 11.7 Å². The van der Waals surface area contributed by atoms with Crippen LogP contribution in [0.1, 0.15) is 20.3 Å². The first-order valence-corrected chi connectivity index (χ1v) is 6.09. The van der Waals surface area contributed by atoms with Crippen LogP contribution in [0.25, 0.3) is 0 Å². The van der Waals surface area contributed by atoms with Crippen molar-refractivity contribution in [1.82, 2.24) is 0 Å². The van der Waals surface area contributed by atoms with Crippen LogP contribution in [0.2, 0.25) is 0 Å². The van der Waals surface area contributed by atoms with Crippen molar-refractivity contribution in [3.63, 3.8) is 0 Å². The van der Waals surface area contributed by atoms with Gasteiger partial charge in [-0.3, -0.25) is 9.59 Å². The highest BCUT2D eigenvalue weighted by Crippen LogP contribution is 2.55. The molecular weight excluding hydrogens is 256 g/mol. The van der Waals surface area contributed by atoms with Gasteiger partial charge in [0, 0.05) is 26.9 Å². The molecule has 2 fully saturated rings. The van der Waals surface area contributed by atoms with Crippen molar-refractivity contribution in [1.29, 1.82) is 0 Å². The van der Waals surface area contributed by atoms with Crippen LogP contribution >= 0.6 is 0 Å². The van der Waals surface area contributed by atoms with Crippen LogP contribution < -0.4 is 0 Å². The highest BCUT2D eigenvalue weighted by molar-refractivity contribution is 5.67. The van der Waals surface area contributed by atoms with E-state index in [0.29, 0.717) is 6.42 Å². The standard InChI is InChI=1S/C12H18O7/c1-6(14)17-9-8-4-12(8,5-13)19-11(16-3)10(9)18-7(2)15/h8-11,13H,4-5H2,1-3H3/t8-,9-,10-,11-,12+/m0/s1. The van der Waals surface area contributed by atoms with Crippen molar-refractivity contribution in [3.8, 4) is 0 Å². The van der Waals surface area contributed by atoms with Gasteiger partial charge in [-0.25, -0.2) is 0 Å². The Labute approximate surface area is 110 Å². The third kappa shape index (κ3) is 2.58. The fraction of sp³-hybridized carbons (Fsp3) is 0.833. The Bertz CT molecular complexity index is 382. The van der Waals surface area contributed by atoms with Gasteiger partial charge in [-0.2, -0.15) is 0 Å². The highest BCUT2D eigenvalue weighted by Gasteiger charge is 2.68. The lowest BCUT2D eigenvalue weighted by Crippen LogP contribution is -2.54. The van der Waals surface area contributed by atoms with Crippen molar-refractivity contribution in [2.24, 2.45) is 5.92 Å². The maximum atomic E-state index is 11.2. The van der Waals surface area contributed by atoms with Crippen LogP contribution in [0.4, 0.5) is 0 Å². The number of aliphatic hydroxyl groups excluding tert-OH is 1. The molecule has 7 heteroatoms. The van der Waals surface area contributed by atoms with E-state index < -0.39 is 36.0 Å². The molecule has 1 heterocycles. The van der Waals surface area contributed by atoms with Crippen LogP contribution in [0.3, 0.4) is 0 Å². The quantitative estimate of drug-likeness (QED) is 0.698. The Morgan fingerprint density at radius 1 is 1.26 bits per heavy atom. The summed E-state index contributed by atoms with van der Waals surface area (Å²) in [4.78, 5) is 22.3. The third-order valence-corrected chi connectivity index (χ3v) is 3.52. The van der Waals surface area contributed by atoms with Gasteiger partial charge in [-0.05, 0) is 6.42 Å². The molecule has 0 aromatic rings. The van der Waals surface area contributed by atoms with Gasteiger partial charge in [0.15, 0.2) is 12.4 Å². The van der Waals surface area contributed by atoms with Crippen LogP contribution in [0.15, 0.2) is 0 Å². The molecule has 0 aromatic carbocycles. The van der Waals surface area contributed by atoms with Gasteiger partial charge in [0.2, 0.25) is 0 Å². The molecule has 5 atom stereocenters. The summed E-state index contributed by atoms with van der Waals surface area (Å²) in [5.74, 6) is -1.17. The number of hydrogen-bond acceptors (Lipinski definition) is 7. The van der Waals surface area contributed by atoms with Gasteiger partial charge in [-0.1, -0.05) is 0 Å². The Hall–Kier alpha value is -1.18. The summed E-state index contributed by atoms with van der Waals surface area (Å²) in [5, 5.41) is 9.40. The van der Waals surface area contributed by atoms with E-state index in [0.717, 1.165) is 0 Å². The molecule has 0 unspecified atom stereocenters. The topological polar surface area (TPSA) is 91.3 Å². The zero-order chi connectivity index (χ0) is 14.2. The normalized spacial score (nSPS) is 40.2. The summed E-state index contributed by atoms with van der Waals surface area (Å²) < 4.78 is 21.1. The second-order valence-electron chi connectivity index (χ2n) is 4.90. The predicted molar refractivity (Wildman–Crippen MR) is 60.9 cm³/mol. The molecule has 0 aromatic heterocycles. The summed E-state index contributed by atoms with van der Waals surface area (Å²) in [5.41, 5.74) is -0.753. The second-order valence-corrected chi connectivity index (χ2v) is 4.90. The molecule has 7 nitrogen and oxygen atoms in total. The zero-order valence-electron chi connectivity index (χ0n) is 11.1. The lowest BCUT2D eigenvalue weighted by molar-refractivity contribution is -0.275. The number of hydrogen-bond donors (Lipinski definition) is 1. The van der Waals surface area contributed by atoms with Crippen molar-refractivity contribution < 1.29 is 33.6 Å². The number of methoxy groups -OCH3 is 1. The first-order chi connectivity index (χ1) is 8.93. The molecule has 0 radical (unpaired) electrons. The number of carbonyl (C=O) groups is 2. The summed E-state index contributed by atoms with van der Waals surface area (Å²) in [6.45, 7) is 2.35. The average Bonchev–Trinajstić information content (AvgIpc) is 3.06. The van der Waals surface area contributed by atoms with Gasteiger partial charge in [-0.15, -0.1) is 0 Å². The maximum absolute atomic E-state index is 11.2. The van der Waals surface area contributed by atoms with Gasteiger partial charge >= 0.3 is 11.9 Å². The van der Waals surface area contributed by atoms with Gasteiger partial charge < -0.3 is 24.1 Å². The van der Waals surface area contributed by atoms with E-state index in [2.05, 4.69) is 0 Å². The zero-order valence-corrected chi connectivity index (χ0v) is 11.1. The smallest absolute Gasteiger partial charge is 0.303 e. The van der Waals surface area contributed by atoms with E-state index in [4.69, 9.17) is 18.9 Å². The molecular formula is C12H18O7. The van der Waals surface area contributed by atoms with Crippen molar-refractivity contribution in [2.45, 2.75) is 44.4 Å². The maximum Gasteiger partial charge on any atom is 0.303 e. The highest BCUT2D eigenvalue weighted by atomic mass is 16.7. The predicted octanol–water partition coefficient (Wildman–Crippen LogP) is -0.397. The Kier molecular flexibility index (Phi) is 3.80. The van der Waals surface area contributed by atoms with E-state index >= 15 is 0 Å². The molecule has 2 rings (SSSR count). The first-order valence-electron chi connectivity index (χ1n) is 6.09. The number of aliphatic hydroxyl groups is 1. The number of carbonyl (C=O) groups excluding carboxylic acids is 2. The van der Waals surface area contributed by atoms with Gasteiger partial charge in [0.25, 0.3) is 0 Å². The van der Waals surface area contributed by atoms with Crippen LogP contribution in [-0.4, -0.2) is 54.9 Å². The molecule has 0 amide bonds. The van der Waals surface area contributed by atoms with Gasteiger partial charge in [0.05, 0.1) is 6.61 Å². The molecule has 1 aliphatic carbocycles. The number of ether oxygens (including phenoxy) is 4. The van der Waals surface area contributed by atoms with E-state index in [1.807, 2.05) is 0 Å². The molecule has 1 saturated heterocycles.